The van der Waals surface area contributed by atoms with Crippen LogP contribution in [-0.2, 0) is 11.3 Å². The minimum Gasteiger partial charge on any atom is -0.368 e. The molecule has 1 aliphatic carbocycles. The number of benzene rings is 2. The van der Waals surface area contributed by atoms with E-state index in [1.54, 1.807) is 0 Å². The number of hydrogen-bond donors (Lipinski definition) is 1. The highest BCUT2D eigenvalue weighted by Gasteiger charge is 2.34. The van der Waals surface area contributed by atoms with E-state index in [9.17, 15) is 9.59 Å². The summed E-state index contributed by atoms with van der Waals surface area (Å²) in [5, 5.41) is 3.56. The van der Waals surface area contributed by atoms with E-state index in [1.165, 1.54) is 0 Å². The standard InChI is InChI=1S/C22H24ClN3O2/c23-20-4-2-1-3-18(20)15-24-21(27)16-7-9-19(10-8-16)25-11-13-26(14-12-25)22(28)17-5-6-17/h1-4,7-10,17H,5-6,11-15H2,(H,24,27). The minimum atomic E-state index is -0.119. The van der Waals surface area contributed by atoms with E-state index in [-0.39, 0.29) is 11.8 Å². The minimum absolute atomic E-state index is 0.119. The largest absolute Gasteiger partial charge is 0.368 e. The van der Waals surface area contributed by atoms with E-state index in [4.69, 9.17) is 11.6 Å². The van der Waals surface area contributed by atoms with Crippen molar-refractivity contribution in [3.8, 4) is 0 Å². The van der Waals surface area contributed by atoms with E-state index in [0.717, 1.165) is 50.3 Å². The summed E-state index contributed by atoms with van der Waals surface area (Å²) in [7, 11) is 0. The number of nitrogens with zero attached hydrogens (tertiary/aromatic N) is 2. The van der Waals surface area contributed by atoms with Crippen molar-refractivity contribution in [2.75, 3.05) is 31.1 Å². The summed E-state index contributed by atoms with van der Waals surface area (Å²) in [5.74, 6) is 0.492. The van der Waals surface area contributed by atoms with Crippen molar-refractivity contribution in [1.82, 2.24) is 10.2 Å². The Bertz CT molecular complexity index is 856. The van der Waals surface area contributed by atoms with Gasteiger partial charge in [0.25, 0.3) is 5.91 Å². The Labute approximate surface area is 170 Å². The quantitative estimate of drug-likeness (QED) is 0.841. The van der Waals surface area contributed by atoms with Gasteiger partial charge in [0, 0.05) is 54.9 Å². The first-order valence-corrected chi connectivity index (χ1v) is 10.1. The fraction of sp³-hybridized carbons (Fsp3) is 0.364. The Morgan fingerprint density at radius 3 is 2.29 bits per heavy atom. The molecule has 0 unspecified atom stereocenters. The van der Waals surface area contributed by atoms with Gasteiger partial charge in [-0.2, -0.15) is 0 Å². The van der Waals surface area contributed by atoms with Gasteiger partial charge in [0.2, 0.25) is 5.91 Å². The number of anilines is 1. The lowest BCUT2D eigenvalue weighted by atomic mass is 10.1. The van der Waals surface area contributed by atoms with Crippen molar-refractivity contribution in [3.05, 3.63) is 64.7 Å². The molecule has 6 heteroatoms. The topological polar surface area (TPSA) is 52.7 Å². The number of amides is 2. The smallest absolute Gasteiger partial charge is 0.251 e. The molecule has 1 N–H and O–H groups in total. The second-order valence-electron chi connectivity index (χ2n) is 7.41. The SMILES string of the molecule is O=C(NCc1ccccc1Cl)c1ccc(N2CCN(C(=O)C3CC3)CC2)cc1. The number of carbonyl (C=O) groups is 2. The molecule has 2 fully saturated rings. The molecule has 0 spiro atoms. The van der Waals surface area contributed by atoms with E-state index in [1.807, 2.05) is 53.4 Å². The zero-order valence-corrected chi connectivity index (χ0v) is 16.5. The maximum absolute atomic E-state index is 12.4. The van der Waals surface area contributed by atoms with E-state index >= 15 is 0 Å². The maximum Gasteiger partial charge on any atom is 0.251 e. The molecule has 1 aliphatic heterocycles. The molecule has 2 aromatic rings. The third-order valence-electron chi connectivity index (χ3n) is 5.41. The van der Waals surface area contributed by atoms with Crippen molar-refractivity contribution in [1.29, 1.82) is 0 Å². The molecule has 2 amide bonds. The van der Waals surface area contributed by atoms with E-state index in [2.05, 4.69) is 10.2 Å². The van der Waals surface area contributed by atoms with Gasteiger partial charge in [-0.25, -0.2) is 0 Å². The molecule has 1 saturated heterocycles. The van der Waals surface area contributed by atoms with Crippen LogP contribution < -0.4 is 10.2 Å². The second-order valence-corrected chi connectivity index (χ2v) is 7.81. The van der Waals surface area contributed by atoms with Crippen LogP contribution in [0.1, 0.15) is 28.8 Å². The third-order valence-corrected chi connectivity index (χ3v) is 5.78. The lowest BCUT2D eigenvalue weighted by Gasteiger charge is -2.36. The third kappa shape index (κ3) is 4.30. The molecule has 2 aromatic carbocycles. The summed E-state index contributed by atoms with van der Waals surface area (Å²) in [6.45, 7) is 3.61. The predicted octanol–water partition coefficient (Wildman–Crippen LogP) is 3.33. The summed E-state index contributed by atoms with van der Waals surface area (Å²) in [4.78, 5) is 28.8. The predicted molar refractivity (Wildman–Crippen MR) is 111 cm³/mol. The van der Waals surface area contributed by atoms with Gasteiger partial charge in [0.05, 0.1) is 0 Å². The monoisotopic (exact) mass is 397 g/mol. The van der Waals surface area contributed by atoms with Crippen LogP contribution in [0, 0.1) is 5.92 Å². The summed E-state index contributed by atoms with van der Waals surface area (Å²) < 4.78 is 0. The van der Waals surface area contributed by atoms with Gasteiger partial charge in [-0.3, -0.25) is 9.59 Å². The Kier molecular flexibility index (Phi) is 5.53. The van der Waals surface area contributed by atoms with Crippen LogP contribution in [0.3, 0.4) is 0 Å². The number of nitrogens with one attached hydrogen (secondary N) is 1. The molecule has 1 heterocycles. The Balaban J connectivity index is 1.30. The molecule has 0 radical (unpaired) electrons. The first kappa shape index (κ1) is 18.8. The molecule has 146 valence electrons. The number of carbonyl (C=O) groups excluding carboxylic acids is 2. The molecule has 0 atom stereocenters. The van der Waals surface area contributed by atoms with Gasteiger partial charge >= 0.3 is 0 Å². The van der Waals surface area contributed by atoms with Gasteiger partial charge in [0.15, 0.2) is 0 Å². The molecule has 0 bridgehead atoms. The van der Waals surface area contributed by atoms with Crippen molar-refractivity contribution in [3.63, 3.8) is 0 Å². The first-order valence-electron chi connectivity index (χ1n) is 9.77. The fourth-order valence-electron chi connectivity index (χ4n) is 3.52. The van der Waals surface area contributed by atoms with Gasteiger partial charge in [-0.15, -0.1) is 0 Å². The zero-order chi connectivity index (χ0) is 19.5. The summed E-state index contributed by atoms with van der Waals surface area (Å²) >= 11 is 6.13. The Morgan fingerprint density at radius 1 is 0.964 bits per heavy atom. The Morgan fingerprint density at radius 2 is 1.64 bits per heavy atom. The first-order chi connectivity index (χ1) is 13.6. The van der Waals surface area contributed by atoms with Gasteiger partial charge in [0.1, 0.15) is 0 Å². The Hall–Kier alpha value is -2.53. The lowest BCUT2D eigenvalue weighted by molar-refractivity contribution is -0.132. The van der Waals surface area contributed by atoms with Gasteiger partial charge < -0.3 is 15.1 Å². The zero-order valence-electron chi connectivity index (χ0n) is 15.7. The molecule has 4 rings (SSSR count). The summed E-state index contributed by atoms with van der Waals surface area (Å²) in [6.07, 6.45) is 2.11. The van der Waals surface area contributed by atoms with Crippen LogP contribution in [0.15, 0.2) is 48.5 Å². The van der Waals surface area contributed by atoms with Crippen LogP contribution in [0.4, 0.5) is 5.69 Å². The van der Waals surface area contributed by atoms with Crippen LogP contribution in [0.2, 0.25) is 5.02 Å². The van der Waals surface area contributed by atoms with Crippen molar-refractivity contribution >= 4 is 29.1 Å². The van der Waals surface area contributed by atoms with Crippen molar-refractivity contribution < 1.29 is 9.59 Å². The number of piperazine rings is 1. The van der Waals surface area contributed by atoms with Gasteiger partial charge in [-0.05, 0) is 48.7 Å². The molecule has 1 saturated carbocycles. The maximum atomic E-state index is 12.4. The molecule has 5 nitrogen and oxygen atoms in total. The highest BCUT2D eigenvalue weighted by molar-refractivity contribution is 6.31. The summed E-state index contributed by atoms with van der Waals surface area (Å²) in [6, 6.07) is 15.1. The molecular weight excluding hydrogens is 374 g/mol. The number of hydrogen-bond acceptors (Lipinski definition) is 3. The average Bonchev–Trinajstić information content (AvgIpc) is 3.58. The highest BCUT2D eigenvalue weighted by Crippen LogP contribution is 2.31. The highest BCUT2D eigenvalue weighted by atomic mass is 35.5. The van der Waals surface area contributed by atoms with Gasteiger partial charge in [-0.1, -0.05) is 29.8 Å². The average molecular weight is 398 g/mol. The lowest BCUT2D eigenvalue weighted by Crippen LogP contribution is -2.49. The van der Waals surface area contributed by atoms with Crippen molar-refractivity contribution in [2.24, 2.45) is 5.92 Å². The fourth-order valence-corrected chi connectivity index (χ4v) is 3.72. The molecular formula is C22H24ClN3O2. The normalized spacial score (nSPS) is 16.8. The van der Waals surface area contributed by atoms with Crippen LogP contribution in [0.25, 0.3) is 0 Å². The van der Waals surface area contributed by atoms with Crippen LogP contribution in [0.5, 0.6) is 0 Å². The van der Waals surface area contributed by atoms with Crippen LogP contribution >= 0.6 is 11.6 Å². The van der Waals surface area contributed by atoms with Crippen molar-refractivity contribution in [2.45, 2.75) is 19.4 Å². The molecule has 2 aliphatic rings. The number of halogens is 1. The number of rotatable bonds is 5. The van der Waals surface area contributed by atoms with E-state index in [0.29, 0.717) is 23.0 Å². The second kappa shape index (κ2) is 8.23. The molecule has 28 heavy (non-hydrogen) atoms. The van der Waals surface area contributed by atoms with Crippen LogP contribution in [-0.4, -0.2) is 42.9 Å². The molecule has 0 aromatic heterocycles. The summed E-state index contributed by atoms with van der Waals surface area (Å²) in [5.41, 5.74) is 2.60. The van der Waals surface area contributed by atoms with E-state index < -0.39 is 0 Å².